The van der Waals surface area contributed by atoms with Gasteiger partial charge in [0.2, 0.25) is 0 Å². The predicted octanol–water partition coefficient (Wildman–Crippen LogP) is 1.38. The van der Waals surface area contributed by atoms with E-state index in [0.29, 0.717) is 0 Å². The van der Waals surface area contributed by atoms with Crippen molar-refractivity contribution < 1.29 is 4.42 Å². The van der Waals surface area contributed by atoms with Gasteiger partial charge >= 0.3 is 0 Å². The van der Waals surface area contributed by atoms with Gasteiger partial charge in [-0.2, -0.15) is 0 Å². The third kappa shape index (κ3) is 2.32. The molecule has 0 aliphatic carbocycles. The van der Waals surface area contributed by atoms with Crippen LogP contribution in [-0.2, 0) is 6.54 Å². The third-order valence-electron chi connectivity index (χ3n) is 3.32. The maximum absolute atomic E-state index is 5.36. The summed E-state index contributed by atoms with van der Waals surface area (Å²) >= 11 is 0. The van der Waals surface area contributed by atoms with Crippen LogP contribution in [0, 0.1) is 6.92 Å². The highest BCUT2D eigenvalue weighted by molar-refractivity contribution is 5.47. The molecule has 1 saturated heterocycles. The Hall–Kier alpha value is -1.59. The first-order chi connectivity index (χ1) is 8.83. The van der Waals surface area contributed by atoms with Gasteiger partial charge in [0.25, 0.3) is 0 Å². The van der Waals surface area contributed by atoms with Gasteiger partial charge in [0.1, 0.15) is 0 Å². The van der Waals surface area contributed by atoms with Gasteiger partial charge in [0.15, 0.2) is 11.6 Å². The number of aromatic amines is 1. The van der Waals surface area contributed by atoms with Gasteiger partial charge in [-0.05, 0) is 19.1 Å². The lowest BCUT2D eigenvalue weighted by Gasteiger charge is -2.26. The first-order valence-corrected chi connectivity index (χ1v) is 6.35. The fourth-order valence-electron chi connectivity index (χ4n) is 2.26. The van der Waals surface area contributed by atoms with Crippen molar-refractivity contribution in [2.45, 2.75) is 13.5 Å². The van der Waals surface area contributed by atoms with Crippen LogP contribution in [0.2, 0.25) is 0 Å². The van der Waals surface area contributed by atoms with E-state index in [1.54, 1.807) is 6.26 Å². The summed E-state index contributed by atoms with van der Waals surface area (Å²) in [4.78, 5) is 10.3. The van der Waals surface area contributed by atoms with Crippen molar-refractivity contribution in [1.82, 2.24) is 20.2 Å². The van der Waals surface area contributed by atoms with E-state index in [1.807, 2.05) is 12.1 Å². The Bertz CT molecular complexity index is 497. The molecule has 1 aliphatic rings. The first kappa shape index (κ1) is 11.5. The maximum atomic E-state index is 5.36. The van der Waals surface area contributed by atoms with Crippen molar-refractivity contribution >= 4 is 0 Å². The molecule has 0 spiro atoms. The van der Waals surface area contributed by atoms with Crippen LogP contribution in [0.3, 0.4) is 0 Å². The highest BCUT2D eigenvalue weighted by Crippen LogP contribution is 2.19. The summed E-state index contributed by atoms with van der Waals surface area (Å²) in [6, 6.07) is 3.80. The van der Waals surface area contributed by atoms with Crippen LogP contribution < -0.4 is 5.32 Å². The Balaban J connectivity index is 1.76. The van der Waals surface area contributed by atoms with E-state index >= 15 is 0 Å². The lowest BCUT2D eigenvalue weighted by molar-refractivity contribution is 0.230. The minimum atomic E-state index is 0.796. The van der Waals surface area contributed by atoms with Crippen LogP contribution in [0.15, 0.2) is 22.8 Å². The summed E-state index contributed by atoms with van der Waals surface area (Å²) in [5, 5.41) is 3.36. The topological polar surface area (TPSA) is 57.1 Å². The summed E-state index contributed by atoms with van der Waals surface area (Å²) in [6.07, 6.45) is 1.67. The SMILES string of the molecule is Cc1[nH]c(-c2ccco2)nc1CN1CCNCC1. The molecule has 3 heterocycles. The Morgan fingerprint density at radius 1 is 1.39 bits per heavy atom. The van der Waals surface area contributed by atoms with Crippen molar-refractivity contribution in [3.8, 4) is 11.6 Å². The molecule has 0 aromatic carbocycles. The fraction of sp³-hybridized carbons (Fsp3) is 0.462. The highest BCUT2D eigenvalue weighted by Gasteiger charge is 2.15. The smallest absolute Gasteiger partial charge is 0.174 e. The molecule has 0 amide bonds. The molecular formula is C13H18N4O. The second-order valence-electron chi connectivity index (χ2n) is 4.66. The van der Waals surface area contributed by atoms with Crippen LogP contribution >= 0.6 is 0 Å². The average Bonchev–Trinajstić information content (AvgIpc) is 3.01. The Morgan fingerprint density at radius 2 is 2.22 bits per heavy atom. The van der Waals surface area contributed by atoms with Crippen molar-refractivity contribution in [3.63, 3.8) is 0 Å². The molecule has 5 nitrogen and oxygen atoms in total. The van der Waals surface area contributed by atoms with Crippen molar-refractivity contribution in [3.05, 3.63) is 29.8 Å². The third-order valence-corrected chi connectivity index (χ3v) is 3.32. The number of rotatable bonds is 3. The second-order valence-corrected chi connectivity index (χ2v) is 4.66. The van der Waals surface area contributed by atoms with Crippen LogP contribution in [-0.4, -0.2) is 41.0 Å². The van der Waals surface area contributed by atoms with E-state index < -0.39 is 0 Å². The number of hydrogen-bond donors (Lipinski definition) is 2. The number of nitrogens with one attached hydrogen (secondary N) is 2. The molecule has 2 aromatic rings. The summed E-state index contributed by atoms with van der Waals surface area (Å²) in [7, 11) is 0. The number of aryl methyl sites for hydroxylation is 1. The Kier molecular flexibility index (Phi) is 3.17. The zero-order chi connectivity index (χ0) is 12.4. The van der Waals surface area contributed by atoms with Crippen LogP contribution in [0.5, 0.6) is 0 Å². The standard InChI is InChI=1S/C13H18N4O/c1-10-11(9-17-6-4-14-5-7-17)16-13(15-10)12-3-2-8-18-12/h2-3,8,14H,4-7,9H2,1H3,(H,15,16). The van der Waals surface area contributed by atoms with Gasteiger partial charge in [-0.1, -0.05) is 0 Å². The predicted molar refractivity (Wildman–Crippen MR) is 69.2 cm³/mol. The number of aromatic nitrogens is 2. The summed E-state index contributed by atoms with van der Waals surface area (Å²) in [5.74, 6) is 1.62. The number of piperazine rings is 1. The number of hydrogen-bond acceptors (Lipinski definition) is 4. The minimum Gasteiger partial charge on any atom is -0.461 e. The summed E-state index contributed by atoms with van der Waals surface area (Å²) < 4.78 is 5.36. The van der Waals surface area contributed by atoms with Crippen LogP contribution in [0.1, 0.15) is 11.4 Å². The molecule has 0 saturated carbocycles. The Morgan fingerprint density at radius 3 is 2.94 bits per heavy atom. The number of furan rings is 1. The second kappa shape index (κ2) is 4.96. The largest absolute Gasteiger partial charge is 0.461 e. The molecule has 2 N–H and O–H groups in total. The molecule has 2 aromatic heterocycles. The molecule has 0 atom stereocenters. The van der Waals surface area contributed by atoms with Gasteiger partial charge in [-0.15, -0.1) is 0 Å². The fourth-order valence-corrected chi connectivity index (χ4v) is 2.26. The normalized spacial score (nSPS) is 17.2. The molecule has 5 heteroatoms. The highest BCUT2D eigenvalue weighted by atomic mass is 16.3. The van der Waals surface area contributed by atoms with Gasteiger partial charge in [-0.25, -0.2) is 4.98 Å². The molecule has 1 aliphatic heterocycles. The zero-order valence-corrected chi connectivity index (χ0v) is 10.6. The van der Waals surface area contributed by atoms with Gasteiger partial charge < -0.3 is 14.7 Å². The number of nitrogens with zero attached hydrogens (tertiary/aromatic N) is 2. The summed E-state index contributed by atoms with van der Waals surface area (Å²) in [6.45, 7) is 7.27. The molecule has 0 unspecified atom stereocenters. The quantitative estimate of drug-likeness (QED) is 0.859. The van der Waals surface area contributed by atoms with Crippen LogP contribution in [0.25, 0.3) is 11.6 Å². The average molecular weight is 246 g/mol. The molecule has 3 rings (SSSR count). The summed E-state index contributed by atoms with van der Waals surface area (Å²) in [5.41, 5.74) is 2.24. The monoisotopic (exact) mass is 246 g/mol. The maximum Gasteiger partial charge on any atom is 0.174 e. The molecular weight excluding hydrogens is 228 g/mol. The lowest BCUT2D eigenvalue weighted by Crippen LogP contribution is -2.43. The van der Waals surface area contributed by atoms with Crippen molar-refractivity contribution in [2.24, 2.45) is 0 Å². The van der Waals surface area contributed by atoms with E-state index in [-0.39, 0.29) is 0 Å². The minimum absolute atomic E-state index is 0.796. The zero-order valence-electron chi connectivity index (χ0n) is 10.6. The molecule has 1 fully saturated rings. The van der Waals surface area contributed by atoms with E-state index in [2.05, 4.69) is 27.1 Å². The van der Waals surface area contributed by atoms with E-state index in [0.717, 1.165) is 55.7 Å². The van der Waals surface area contributed by atoms with E-state index in [1.165, 1.54) is 0 Å². The first-order valence-electron chi connectivity index (χ1n) is 6.35. The van der Waals surface area contributed by atoms with Crippen molar-refractivity contribution in [2.75, 3.05) is 26.2 Å². The molecule has 18 heavy (non-hydrogen) atoms. The van der Waals surface area contributed by atoms with Crippen molar-refractivity contribution in [1.29, 1.82) is 0 Å². The Labute approximate surface area is 106 Å². The van der Waals surface area contributed by atoms with E-state index in [4.69, 9.17) is 4.42 Å². The number of imidazole rings is 1. The molecule has 96 valence electrons. The van der Waals surface area contributed by atoms with Gasteiger partial charge in [-0.3, -0.25) is 4.90 Å². The van der Waals surface area contributed by atoms with Crippen LogP contribution in [0.4, 0.5) is 0 Å². The van der Waals surface area contributed by atoms with E-state index in [9.17, 15) is 0 Å². The van der Waals surface area contributed by atoms with Gasteiger partial charge in [0, 0.05) is 38.4 Å². The number of H-pyrrole nitrogens is 1. The molecule has 0 bridgehead atoms. The van der Waals surface area contributed by atoms with Gasteiger partial charge in [0.05, 0.1) is 12.0 Å². The lowest BCUT2D eigenvalue weighted by atomic mass is 10.3. The molecule has 0 radical (unpaired) electrons.